The Hall–Kier alpha value is -0.250. The Kier molecular flexibility index (Phi) is 10.7. The Labute approximate surface area is 109 Å². The van der Waals surface area contributed by atoms with Crippen LogP contribution in [-0.2, 0) is 9.53 Å². The Bertz CT molecular complexity index is 200. The number of halogens is 1. The van der Waals surface area contributed by atoms with Crippen LogP contribution in [0, 0.1) is 0 Å². The number of rotatable bonds is 10. The molecule has 0 saturated heterocycles. The number of hydrogen-bond acceptors (Lipinski definition) is 3. The number of hydrogen-bond donors (Lipinski definition) is 0. The molecule has 0 aromatic carbocycles. The van der Waals surface area contributed by atoms with Crippen LogP contribution in [0.2, 0.25) is 0 Å². The molecule has 0 aliphatic heterocycles. The number of ether oxygens (including phenoxy) is 1. The third kappa shape index (κ3) is 8.47. The summed E-state index contributed by atoms with van der Waals surface area (Å²) in [4.78, 5) is 11.5. The highest BCUT2D eigenvalue weighted by atomic mass is 32.2. The Morgan fingerprint density at radius 2 is 2.00 bits per heavy atom. The summed E-state index contributed by atoms with van der Waals surface area (Å²) in [6.45, 7) is 3.96. The van der Waals surface area contributed by atoms with E-state index in [1.165, 1.54) is 7.11 Å². The molecule has 2 nitrogen and oxygen atoms in total. The molecule has 4 heteroatoms. The van der Waals surface area contributed by atoms with Crippen molar-refractivity contribution in [1.82, 2.24) is 0 Å². The largest absolute Gasteiger partial charge is 0.468 e. The van der Waals surface area contributed by atoms with Crippen LogP contribution < -0.4 is 0 Å². The fourth-order valence-corrected chi connectivity index (χ4v) is 2.71. The van der Waals surface area contributed by atoms with Gasteiger partial charge in [-0.1, -0.05) is 26.7 Å². The minimum Gasteiger partial charge on any atom is -0.468 e. The summed E-state index contributed by atoms with van der Waals surface area (Å²) in [5.74, 6) is 0.694. The maximum Gasteiger partial charge on any atom is 0.318 e. The molecule has 2 unspecified atom stereocenters. The molecule has 0 fully saturated rings. The van der Waals surface area contributed by atoms with Gasteiger partial charge >= 0.3 is 5.97 Å². The van der Waals surface area contributed by atoms with Crippen LogP contribution in [0.15, 0.2) is 0 Å². The average molecular weight is 264 g/mol. The molecule has 102 valence electrons. The van der Waals surface area contributed by atoms with Gasteiger partial charge in [-0.25, -0.2) is 4.39 Å². The predicted octanol–water partition coefficient (Wildman–Crippen LogP) is 3.98. The lowest BCUT2D eigenvalue weighted by Crippen LogP contribution is -2.19. The van der Waals surface area contributed by atoms with E-state index in [0.717, 1.165) is 31.4 Å². The first-order valence-electron chi connectivity index (χ1n) is 6.49. The van der Waals surface area contributed by atoms with Gasteiger partial charge in [0.15, 0.2) is 0 Å². The van der Waals surface area contributed by atoms with Crippen LogP contribution in [0.4, 0.5) is 4.39 Å². The molecule has 0 aromatic rings. The number of carbonyl (C=O) groups is 1. The van der Waals surface area contributed by atoms with E-state index in [1.807, 2.05) is 6.92 Å². The standard InChI is InChI=1S/C13H25FO2S/c1-4-6-9-12(13(15)16-3)17-10-7-8-11(14)5-2/h11-12H,4-10H2,1-3H3. The first-order valence-corrected chi connectivity index (χ1v) is 7.54. The highest BCUT2D eigenvalue weighted by Gasteiger charge is 2.18. The topological polar surface area (TPSA) is 26.3 Å². The SMILES string of the molecule is CCCCC(SCCCC(F)CC)C(=O)OC. The van der Waals surface area contributed by atoms with Gasteiger partial charge in [-0.05, 0) is 31.4 Å². The number of carbonyl (C=O) groups excluding carboxylic acids is 1. The number of unbranched alkanes of at least 4 members (excludes halogenated alkanes) is 1. The second-order valence-electron chi connectivity index (χ2n) is 4.17. The van der Waals surface area contributed by atoms with Crippen LogP contribution in [0.3, 0.4) is 0 Å². The molecule has 0 spiro atoms. The maximum absolute atomic E-state index is 13.0. The zero-order valence-corrected chi connectivity index (χ0v) is 12.0. The number of esters is 1. The van der Waals surface area contributed by atoms with Gasteiger partial charge < -0.3 is 4.74 Å². The van der Waals surface area contributed by atoms with E-state index in [4.69, 9.17) is 4.74 Å². The first-order chi connectivity index (χ1) is 8.15. The molecule has 0 saturated carbocycles. The quantitative estimate of drug-likeness (QED) is 0.441. The molecule has 0 heterocycles. The summed E-state index contributed by atoms with van der Waals surface area (Å²) in [5, 5.41) is -0.0698. The van der Waals surface area contributed by atoms with Gasteiger partial charge in [-0.3, -0.25) is 4.79 Å². The molecular formula is C13H25FO2S. The van der Waals surface area contributed by atoms with Crippen molar-refractivity contribution in [3.05, 3.63) is 0 Å². The van der Waals surface area contributed by atoms with Gasteiger partial charge in [0.05, 0.1) is 13.3 Å². The highest BCUT2D eigenvalue weighted by molar-refractivity contribution is 8.00. The lowest BCUT2D eigenvalue weighted by Gasteiger charge is -2.14. The van der Waals surface area contributed by atoms with Crippen molar-refractivity contribution in [2.24, 2.45) is 0 Å². The van der Waals surface area contributed by atoms with E-state index in [-0.39, 0.29) is 11.2 Å². The van der Waals surface area contributed by atoms with Gasteiger partial charge in [-0.15, -0.1) is 11.8 Å². The third-order valence-electron chi connectivity index (χ3n) is 2.71. The van der Waals surface area contributed by atoms with Crippen molar-refractivity contribution in [3.63, 3.8) is 0 Å². The summed E-state index contributed by atoms with van der Waals surface area (Å²) < 4.78 is 17.8. The van der Waals surface area contributed by atoms with Gasteiger partial charge in [0.1, 0.15) is 5.25 Å². The predicted molar refractivity (Wildman–Crippen MR) is 72.2 cm³/mol. The zero-order valence-electron chi connectivity index (χ0n) is 11.2. The lowest BCUT2D eigenvalue weighted by atomic mass is 10.2. The molecule has 0 rings (SSSR count). The van der Waals surface area contributed by atoms with E-state index in [9.17, 15) is 9.18 Å². The van der Waals surface area contributed by atoms with Crippen LogP contribution in [0.25, 0.3) is 0 Å². The smallest absolute Gasteiger partial charge is 0.318 e. The van der Waals surface area contributed by atoms with Crippen molar-refractivity contribution >= 4 is 17.7 Å². The van der Waals surface area contributed by atoms with Crippen LogP contribution in [0.5, 0.6) is 0 Å². The molecule has 2 atom stereocenters. The van der Waals surface area contributed by atoms with Crippen LogP contribution >= 0.6 is 11.8 Å². The molecule has 0 radical (unpaired) electrons. The van der Waals surface area contributed by atoms with E-state index < -0.39 is 6.17 Å². The summed E-state index contributed by atoms with van der Waals surface area (Å²) in [6, 6.07) is 0. The summed E-state index contributed by atoms with van der Waals surface area (Å²) in [6.07, 6.45) is 4.30. The summed E-state index contributed by atoms with van der Waals surface area (Å²) in [5.41, 5.74) is 0. The Morgan fingerprint density at radius 3 is 2.53 bits per heavy atom. The molecular weight excluding hydrogens is 239 g/mol. The molecule has 0 N–H and O–H groups in total. The maximum atomic E-state index is 13.0. The molecule has 0 aromatic heterocycles. The summed E-state index contributed by atoms with van der Waals surface area (Å²) in [7, 11) is 1.43. The van der Waals surface area contributed by atoms with Gasteiger partial charge in [0.2, 0.25) is 0 Å². The number of alkyl halides is 1. The average Bonchev–Trinajstić information content (AvgIpc) is 2.36. The van der Waals surface area contributed by atoms with Crippen molar-refractivity contribution < 1.29 is 13.9 Å². The fourth-order valence-electron chi connectivity index (χ4n) is 1.52. The summed E-state index contributed by atoms with van der Waals surface area (Å²) >= 11 is 1.61. The molecule has 0 aliphatic carbocycles. The normalized spacial score (nSPS) is 14.4. The van der Waals surface area contributed by atoms with E-state index in [2.05, 4.69) is 6.92 Å². The van der Waals surface area contributed by atoms with E-state index >= 15 is 0 Å². The second kappa shape index (κ2) is 10.9. The minimum atomic E-state index is -0.692. The van der Waals surface area contributed by atoms with E-state index in [1.54, 1.807) is 11.8 Å². The Balaban J connectivity index is 3.79. The molecule has 0 amide bonds. The van der Waals surface area contributed by atoms with Gasteiger partial charge in [0.25, 0.3) is 0 Å². The number of methoxy groups -OCH3 is 1. The molecule has 0 bridgehead atoms. The van der Waals surface area contributed by atoms with Crippen LogP contribution in [-0.4, -0.2) is 30.3 Å². The molecule has 17 heavy (non-hydrogen) atoms. The highest BCUT2D eigenvalue weighted by Crippen LogP contribution is 2.21. The lowest BCUT2D eigenvalue weighted by molar-refractivity contribution is -0.140. The second-order valence-corrected chi connectivity index (χ2v) is 5.48. The monoisotopic (exact) mass is 264 g/mol. The molecule has 0 aliphatic rings. The number of thioether (sulfide) groups is 1. The third-order valence-corrected chi connectivity index (χ3v) is 4.06. The fraction of sp³-hybridized carbons (Fsp3) is 0.923. The first kappa shape index (κ1) is 16.8. The zero-order chi connectivity index (χ0) is 13.1. The Morgan fingerprint density at radius 1 is 1.29 bits per heavy atom. The van der Waals surface area contributed by atoms with Crippen LogP contribution in [0.1, 0.15) is 52.4 Å². The van der Waals surface area contributed by atoms with Crippen molar-refractivity contribution in [2.75, 3.05) is 12.9 Å². The van der Waals surface area contributed by atoms with Gasteiger partial charge in [0, 0.05) is 0 Å². The van der Waals surface area contributed by atoms with Gasteiger partial charge in [-0.2, -0.15) is 0 Å². The van der Waals surface area contributed by atoms with Crippen molar-refractivity contribution in [3.8, 4) is 0 Å². The van der Waals surface area contributed by atoms with Crippen molar-refractivity contribution in [1.29, 1.82) is 0 Å². The van der Waals surface area contributed by atoms with Crippen molar-refractivity contribution in [2.45, 2.75) is 63.8 Å². The minimum absolute atomic E-state index is 0.0698. The van der Waals surface area contributed by atoms with E-state index in [0.29, 0.717) is 12.8 Å².